The van der Waals surface area contributed by atoms with Crippen molar-refractivity contribution in [1.29, 1.82) is 0 Å². The molecule has 148 valence electrons. The summed E-state index contributed by atoms with van der Waals surface area (Å²) in [6.07, 6.45) is 6.83. The molecule has 2 fully saturated rings. The predicted molar refractivity (Wildman–Crippen MR) is 108 cm³/mol. The number of hydrogen-bond acceptors (Lipinski definition) is 4. The van der Waals surface area contributed by atoms with Gasteiger partial charge in [0.1, 0.15) is 0 Å². The molecule has 0 saturated carbocycles. The minimum atomic E-state index is -3.14. The monoisotopic (exact) mass is 390 g/mol. The Kier molecular flexibility index (Phi) is 6.37. The van der Waals surface area contributed by atoms with Crippen LogP contribution in [0.3, 0.4) is 0 Å². The first-order chi connectivity index (χ1) is 12.9. The summed E-state index contributed by atoms with van der Waals surface area (Å²) >= 11 is 0. The van der Waals surface area contributed by atoms with Crippen molar-refractivity contribution < 1.29 is 13.2 Å². The Bertz CT molecular complexity index is 781. The highest BCUT2D eigenvalue weighted by atomic mass is 32.2. The van der Waals surface area contributed by atoms with Gasteiger partial charge in [0, 0.05) is 26.2 Å². The number of aldehydes is 1. The summed E-state index contributed by atoms with van der Waals surface area (Å²) < 4.78 is 24.8. The van der Waals surface area contributed by atoms with Crippen LogP contribution in [0.2, 0.25) is 0 Å². The molecule has 5 nitrogen and oxygen atoms in total. The van der Waals surface area contributed by atoms with E-state index >= 15 is 0 Å². The summed E-state index contributed by atoms with van der Waals surface area (Å²) in [5.41, 5.74) is 4.60. The van der Waals surface area contributed by atoms with E-state index in [0.29, 0.717) is 31.8 Å². The fraction of sp³-hybridized carbons (Fsp3) is 0.571. The SMILES string of the molecule is Cc1ccc(CC2CCN(C(C=O)=C3CCN(S(C)(=O)=O)CC3)CC2)cc1. The lowest BCUT2D eigenvalue weighted by atomic mass is 9.89. The van der Waals surface area contributed by atoms with E-state index < -0.39 is 10.0 Å². The van der Waals surface area contributed by atoms with Gasteiger partial charge in [0.2, 0.25) is 10.0 Å². The lowest BCUT2D eigenvalue weighted by Crippen LogP contribution is -2.38. The molecule has 0 amide bonds. The van der Waals surface area contributed by atoms with Crippen LogP contribution in [0, 0.1) is 12.8 Å². The number of sulfonamides is 1. The smallest absolute Gasteiger partial charge is 0.211 e. The lowest BCUT2D eigenvalue weighted by Gasteiger charge is -2.36. The molecule has 0 bridgehead atoms. The van der Waals surface area contributed by atoms with Crippen LogP contribution in [-0.2, 0) is 21.2 Å². The fourth-order valence-electron chi connectivity index (χ4n) is 4.16. The summed E-state index contributed by atoms with van der Waals surface area (Å²) in [6, 6.07) is 8.77. The molecule has 1 aromatic carbocycles. The Balaban J connectivity index is 1.57. The second-order valence-electron chi connectivity index (χ2n) is 7.89. The summed E-state index contributed by atoms with van der Waals surface area (Å²) in [5.74, 6) is 0.661. The van der Waals surface area contributed by atoms with Gasteiger partial charge in [-0.05, 0) is 56.1 Å². The largest absolute Gasteiger partial charge is 0.369 e. The lowest BCUT2D eigenvalue weighted by molar-refractivity contribution is -0.106. The summed E-state index contributed by atoms with van der Waals surface area (Å²) in [7, 11) is -3.14. The second-order valence-corrected chi connectivity index (χ2v) is 9.87. The van der Waals surface area contributed by atoms with Crippen LogP contribution < -0.4 is 0 Å². The first kappa shape index (κ1) is 20.1. The van der Waals surface area contributed by atoms with Crippen LogP contribution in [0.4, 0.5) is 0 Å². The van der Waals surface area contributed by atoms with Gasteiger partial charge in [-0.25, -0.2) is 12.7 Å². The Hall–Kier alpha value is -1.66. The molecule has 2 heterocycles. The first-order valence-corrected chi connectivity index (χ1v) is 11.6. The van der Waals surface area contributed by atoms with Gasteiger partial charge in [0.05, 0.1) is 12.0 Å². The van der Waals surface area contributed by atoms with E-state index in [0.717, 1.165) is 49.9 Å². The third kappa shape index (κ3) is 5.20. The van der Waals surface area contributed by atoms with Crippen LogP contribution >= 0.6 is 0 Å². The molecule has 0 unspecified atom stereocenters. The number of carbonyl (C=O) groups excluding carboxylic acids is 1. The average Bonchev–Trinajstić information content (AvgIpc) is 2.65. The number of piperidine rings is 2. The van der Waals surface area contributed by atoms with Gasteiger partial charge >= 0.3 is 0 Å². The number of hydrogen-bond donors (Lipinski definition) is 0. The van der Waals surface area contributed by atoms with Crippen molar-refractivity contribution in [2.45, 2.75) is 39.0 Å². The van der Waals surface area contributed by atoms with E-state index in [9.17, 15) is 13.2 Å². The van der Waals surface area contributed by atoms with Gasteiger partial charge in [-0.15, -0.1) is 0 Å². The Morgan fingerprint density at radius 2 is 1.67 bits per heavy atom. The maximum absolute atomic E-state index is 11.8. The molecule has 6 heteroatoms. The zero-order valence-electron chi connectivity index (χ0n) is 16.4. The highest BCUT2D eigenvalue weighted by Gasteiger charge is 2.27. The molecular weight excluding hydrogens is 360 g/mol. The fourth-order valence-corrected chi connectivity index (χ4v) is 5.01. The van der Waals surface area contributed by atoms with Crippen LogP contribution in [0.1, 0.15) is 36.8 Å². The number of allylic oxidation sites excluding steroid dienone is 1. The molecule has 0 aromatic heterocycles. The van der Waals surface area contributed by atoms with Crippen molar-refractivity contribution in [3.8, 4) is 0 Å². The number of likely N-dealkylation sites (tertiary alicyclic amines) is 1. The van der Waals surface area contributed by atoms with Gasteiger partial charge in [0.25, 0.3) is 0 Å². The number of aryl methyl sites for hydroxylation is 1. The van der Waals surface area contributed by atoms with Crippen LogP contribution in [0.25, 0.3) is 0 Å². The van der Waals surface area contributed by atoms with E-state index in [-0.39, 0.29) is 0 Å². The third-order valence-corrected chi connectivity index (χ3v) is 7.17. The van der Waals surface area contributed by atoms with E-state index in [1.165, 1.54) is 21.7 Å². The van der Waals surface area contributed by atoms with E-state index in [1.54, 1.807) is 0 Å². The highest BCUT2D eigenvalue weighted by molar-refractivity contribution is 7.88. The minimum Gasteiger partial charge on any atom is -0.369 e. The van der Waals surface area contributed by atoms with Gasteiger partial charge < -0.3 is 4.90 Å². The third-order valence-electron chi connectivity index (χ3n) is 5.87. The van der Waals surface area contributed by atoms with Crippen molar-refractivity contribution in [2.75, 3.05) is 32.4 Å². The molecule has 0 N–H and O–H groups in total. The van der Waals surface area contributed by atoms with Crippen LogP contribution in [0.15, 0.2) is 35.5 Å². The minimum absolute atomic E-state index is 0.482. The summed E-state index contributed by atoms with van der Waals surface area (Å²) in [5, 5.41) is 0. The van der Waals surface area contributed by atoms with Gasteiger partial charge in [0.15, 0.2) is 6.29 Å². The normalized spacial score (nSPS) is 19.9. The average molecular weight is 391 g/mol. The summed E-state index contributed by atoms with van der Waals surface area (Å²) in [6.45, 7) is 4.88. The van der Waals surface area contributed by atoms with Crippen molar-refractivity contribution in [3.05, 3.63) is 46.7 Å². The zero-order chi connectivity index (χ0) is 19.4. The van der Waals surface area contributed by atoms with Crippen LogP contribution in [-0.4, -0.2) is 56.3 Å². The summed E-state index contributed by atoms with van der Waals surface area (Å²) in [4.78, 5) is 14.0. The molecule has 0 aliphatic carbocycles. The quantitative estimate of drug-likeness (QED) is 0.573. The molecule has 27 heavy (non-hydrogen) atoms. The molecule has 0 spiro atoms. The molecule has 2 aliphatic rings. The molecular formula is C21H30N2O3S. The first-order valence-electron chi connectivity index (χ1n) is 9.79. The molecule has 2 aliphatic heterocycles. The van der Waals surface area contributed by atoms with Crippen LogP contribution in [0.5, 0.6) is 0 Å². The Labute approximate surface area is 163 Å². The highest BCUT2D eigenvalue weighted by Crippen LogP contribution is 2.28. The second kappa shape index (κ2) is 8.57. The van der Waals surface area contributed by atoms with E-state index in [4.69, 9.17) is 0 Å². The van der Waals surface area contributed by atoms with Gasteiger partial charge in [-0.3, -0.25) is 4.79 Å². The topological polar surface area (TPSA) is 57.7 Å². The number of rotatable bonds is 5. The zero-order valence-corrected chi connectivity index (χ0v) is 17.2. The van der Waals surface area contributed by atoms with Gasteiger partial charge in [-0.1, -0.05) is 29.8 Å². The van der Waals surface area contributed by atoms with Crippen molar-refractivity contribution >= 4 is 16.3 Å². The van der Waals surface area contributed by atoms with Crippen molar-refractivity contribution in [1.82, 2.24) is 9.21 Å². The molecule has 3 rings (SSSR count). The Morgan fingerprint density at radius 1 is 1.07 bits per heavy atom. The maximum atomic E-state index is 11.8. The Morgan fingerprint density at radius 3 is 2.19 bits per heavy atom. The number of carbonyl (C=O) groups is 1. The molecule has 2 saturated heterocycles. The van der Waals surface area contributed by atoms with Crippen molar-refractivity contribution in [3.63, 3.8) is 0 Å². The van der Waals surface area contributed by atoms with E-state index in [2.05, 4.69) is 36.1 Å². The number of benzene rings is 1. The molecule has 0 radical (unpaired) electrons. The van der Waals surface area contributed by atoms with E-state index in [1.807, 2.05) is 0 Å². The standard InChI is InChI=1S/C21H30N2O3S/c1-17-3-5-18(6-4-17)15-19-7-11-22(12-8-19)21(16-24)20-9-13-23(14-10-20)27(2,25)26/h3-6,16,19H,7-15H2,1-2H3. The molecule has 0 atom stereocenters. The maximum Gasteiger partial charge on any atom is 0.211 e. The van der Waals surface area contributed by atoms with Crippen molar-refractivity contribution in [2.24, 2.45) is 5.92 Å². The molecule has 1 aromatic rings. The predicted octanol–water partition coefficient (Wildman–Crippen LogP) is 2.76. The number of nitrogens with zero attached hydrogens (tertiary/aromatic N) is 2. The van der Waals surface area contributed by atoms with Gasteiger partial charge in [-0.2, -0.15) is 0 Å².